The van der Waals surface area contributed by atoms with Crippen LogP contribution >= 0.6 is 0 Å². The monoisotopic (exact) mass is 201 g/mol. The zero-order valence-corrected chi connectivity index (χ0v) is 9.53. The summed E-state index contributed by atoms with van der Waals surface area (Å²) in [5, 5.41) is 19.6. The van der Waals surface area contributed by atoms with E-state index in [4.69, 9.17) is 0 Å². The summed E-state index contributed by atoms with van der Waals surface area (Å²) in [7, 11) is 1.97. The van der Waals surface area contributed by atoms with Crippen LogP contribution in [0.3, 0.4) is 0 Å². The summed E-state index contributed by atoms with van der Waals surface area (Å²) >= 11 is 0. The summed E-state index contributed by atoms with van der Waals surface area (Å²) in [5.41, 5.74) is -0.502. The van der Waals surface area contributed by atoms with Crippen molar-refractivity contribution < 1.29 is 10.2 Å². The minimum absolute atomic E-state index is 0.111. The maximum atomic E-state index is 10.2. The second-order valence-corrected chi connectivity index (χ2v) is 4.83. The molecule has 0 spiro atoms. The fourth-order valence-electron chi connectivity index (χ4n) is 2.17. The van der Waals surface area contributed by atoms with Crippen LogP contribution in [0.4, 0.5) is 0 Å². The molecule has 0 bridgehead atoms. The Balaban J connectivity index is 2.42. The molecule has 1 saturated carbocycles. The topological polar surface area (TPSA) is 43.7 Å². The van der Waals surface area contributed by atoms with Gasteiger partial charge in [0.05, 0.1) is 11.7 Å². The Labute approximate surface area is 86.7 Å². The van der Waals surface area contributed by atoms with E-state index in [-0.39, 0.29) is 12.1 Å². The van der Waals surface area contributed by atoms with Gasteiger partial charge in [-0.3, -0.25) is 4.90 Å². The van der Waals surface area contributed by atoms with Crippen LogP contribution in [0.2, 0.25) is 0 Å². The third-order valence-corrected chi connectivity index (χ3v) is 3.47. The Kier molecular flexibility index (Phi) is 3.93. The molecule has 2 unspecified atom stereocenters. The van der Waals surface area contributed by atoms with Crippen LogP contribution in [-0.2, 0) is 0 Å². The summed E-state index contributed by atoms with van der Waals surface area (Å²) in [6.07, 6.45) is 3.74. The fourth-order valence-corrected chi connectivity index (χ4v) is 2.17. The highest BCUT2D eigenvalue weighted by Crippen LogP contribution is 2.30. The van der Waals surface area contributed by atoms with E-state index in [9.17, 15) is 10.2 Å². The van der Waals surface area contributed by atoms with E-state index in [1.807, 2.05) is 14.0 Å². The molecule has 1 rings (SSSR count). The Morgan fingerprint density at radius 2 is 1.79 bits per heavy atom. The van der Waals surface area contributed by atoms with E-state index in [0.717, 1.165) is 25.7 Å². The average Bonchev–Trinajstić information content (AvgIpc) is 2.50. The van der Waals surface area contributed by atoms with E-state index >= 15 is 0 Å². The van der Waals surface area contributed by atoms with Crippen LogP contribution in [0.15, 0.2) is 0 Å². The molecule has 0 aromatic carbocycles. The first-order valence-electron chi connectivity index (χ1n) is 5.55. The Hall–Kier alpha value is -0.120. The lowest BCUT2D eigenvalue weighted by Gasteiger charge is -2.33. The molecule has 0 saturated heterocycles. The third kappa shape index (κ3) is 2.94. The molecule has 84 valence electrons. The molecule has 14 heavy (non-hydrogen) atoms. The van der Waals surface area contributed by atoms with Crippen LogP contribution in [0.5, 0.6) is 0 Å². The first-order valence-corrected chi connectivity index (χ1v) is 5.55. The molecule has 3 nitrogen and oxygen atoms in total. The maximum absolute atomic E-state index is 10.2. The molecule has 0 aliphatic heterocycles. The number of likely N-dealkylation sites (N-methyl/N-ethyl adjacent to an activating group) is 1. The van der Waals surface area contributed by atoms with Crippen molar-refractivity contribution in [1.82, 2.24) is 4.90 Å². The molecule has 1 aliphatic rings. The van der Waals surface area contributed by atoms with Crippen molar-refractivity contribution in [2.75, 3.05) is 13.6 Å². The number of hydrogen-bond acceptors (Lipinski definition) is 3. The van der Waals surface area contributed by atoms with Gasteiger partial charge in [0, 0.05) is 12.6 Å². The van der Waals surface area contributed by atoms with Crippen molar-refractivity contribution in [2.45, 2.75) is 57.3 Å². The van der Waals surface area contributed by atoms with Crippen LogP contribution in [0.25, 0.3) is 0 Å². The quantitative estimate of drug-likeness (QED) is 0.713. The molecule has 1 fully saturated rings. The molecular formula is C11H23NO2. The van der Waals surface area contributed by atoms with Gasteiger partial charge in [0.25, 0.3) is 0 Å². The molecule has 0 aromatic heterocycles. The Morgan fingerprint density at radius 3 is 2.21 bits per heavy atom. The van der Waals surface area contributed by atoms with Crippen molar-refractivity contribution in [3.8, 4) is 0 Å². The lowest BCUT2D eigenvalue weighted by molar-refractivity contribution is -0.0111. The lowest BCUT2D eigenvalue weighted by Crippen LogP contribution is -2.46. The molecular weight excluding hydrogens is 178 g/mol. The predicted octanol–water partition coefficient (Wildman–Crippen LogP) is 0.993. The highest BCUT2D eigenvalue weighted by molar-refractivity contribution is 4.88. The van der Waals surface area contributed by atoms with Gasteiger partial charge in [-0.1, -0.05) is 12.8 Å². The van der Waals surface area contributed by atoms with Crippen molar-refractivity contribution >= 4 is 0 Å². The van der Waals surface area contributed by atoms with Gasteiger partial charge in [-0.25, -0.2) is 0 Å². The average molecular weight is 201 g/mol. The van der Waals surface area contributed by atoms with Gasteiger partial charge < -0.3 is 10.2 Å². The highest BCUT2D eigenvalue weighted by atomic mass is 16.3. The Bertz CT molecular complexity index is 176. The second kappa shape index (κ2) is 4.60. The van der Waals surface area contributed by atoms with Crippen molar-refractivity contribution in [2.24, 2.45) is 0 Å². The maximum Gasteiger partial charge on any atom is 0.0774 e. The van der Waals surface area contributed by atoms with Crippen molar-refractivity contribution in [3.05, 3.63) is 0 Å². The molecule has 0 heterocycles. The zero-order chi connectivity index (χ0) is 10.8. The van der Waals surface area contributed by atoms with E-state index < -0.39 is 5.60 Å². The van der Waals surface area contributed by atoms with Crippen molar-refractivity contribution in [3.63, 3.8) is 0 Å². The van der Waals surface area contributed by atoms with Gasteiger partial charge in [0.1, 0.15) is 0 Å². The van der Waals surface area contributed by atoms with E-state index in [0.29, 0.717) is 6.54 Å². The minimum atomic E-state index is -0.502. The summed E-state index contributed by atoms with van der Waals surface area (Å²) in [6, 6.07) is 0.111. The summed E-state index contributed by atoms with van der Waals surface area (Å²) < 4.78 is 0. The fraction of sp³-hybridized carbons (Fsp3) is 1.00. The number of nitrogens with zero attached hydrogens (tertiary/aromatic N) is 1. The summed E-state index contributed by atoms with van der Waals surface area (Å²) in [6.45, 7) is 4.46. The molecule has 0 radical (unpaired) electrons. The standard InChI is InChI=1S/C11H23NO2/c1-9(10(2)13)12(3)8-11(14)6-4-5-7-11/h9-10,13-14H,4-8H2,1-3H3. The smallest absolute Gasteiger partial charge is 0.0774 e. The van der Waals surface area contributed by atoms with E-state index in [2.05, 4.69) is 4.90 Å². The van der Waals surface area contributed by atoms with Gasteiger partial charge in [0.2, 0.25) is 0 Å². The van der Waals surface area contributed by atoms with Gasteiger partial charge >= 0.3 is 0 Å². The largest absolute Gasteiger partial charge is 0.392 e. The number of aliphatic hydroxyl groups excluding tert-OH is 1. The molecule has 2 atom stereocenters. The van der Waals surface area contributed by atoms with E-state index in [1.54, 1.807) is 6.92 Å². The summed E-state index contributed by atoms with van der Waals surface area (Å²) in [4.78, 5) is 2.05. The van der Waals surface area contributed by atoms with Crippen molar-refractivity contribution in [1.29, 1.82) is 0 Å². The molecule has 3 heteroatoms. The molecule has 0 amide bonds. The second-order valence-electron chi connectivity index (χ2n) is 4.83. The van der Waals surface area contributed by atoms with Crippen LogP contribution in [0, 0.1) is 0 Å². The number of hydrogen-bond donors (Lipinski definition) is 2. The number of aliphatic hydroxyl groups is 2. The van der Waals surface area contributed by atoms with Gasteiger partial charge in [-0.2, -0.15) is 0 Å². The van der Waals surface area contributed by atoms with E-state index in [1.165, 1.54) is 0 Å². The highest BCUT2D eigenvalue weighted by Gasteiger charge is 2.33. The zero-order valence-electron chi connectivity index (χ0n) is 9.53. The summed E-state index contributed by atoms with van der Waals surface area (Å²) in [5.74, 6) is 0. The van der Waals surface area contributed by atoms with Gasteiger partial charge in [-0.15, -0.1) is 0 Å². The Morgan fingerprint density at radius 1 is 1.29 bits per heavy atom. The van der Waals surface area contributed by atoms with Gasteiger partial charge in [0.15, 0.2) is 0 Å². The third-order valence-electron chi connectivity index (χ3n) is 3.47. The predicted molar refractivity (Wildman–Crippen MR) is 57.2 cm³/mol. The minimum Gasteiger partial charge on any atom is -0.392 e. The van der Waals surface area contributed by atoms with Crippen LogP contribution in [-0.4, -0.2) is 46.5 Å². The first kappa shape index (κ1) is 12.0. The van der Waals surface area contributed by atoms with Crippen LogP contribution in [0.1, 0.15) is 39.5 Å². The molecule has 2 N–H and O–H groups in total. The lowest BCUT2D eigenvalue weighted by atomic mass is 10.0. The molecule has 1 aliphatic carbocycles. The SMILES string of the molecule is CC(O)C(C)N(C)CC1(O)CCCC1. The normalized spacial score (nSPS) is 25.3. The first-order chi connectivity index (χ1) is 6.44. The number of rotatable bonds is 4. The molecule has 0 aromatic rings. The van der Waals surface area contributed by atoms with Crippen LogP contribution < -0.4 is 0 Å². The van der Waals surface area contributed by atoms with Gasteiger partial charge in [-0.05, 0) is 33.7 Å².